The molecular weight excluding hydrogens is 292 g/mol. The van der Waals surface area contributed by atoms with Crippen LogP contribution in [-0.2, 0) is 0 Å². The van der Waals surface area contributed by atoms with E-state index in [1.807, 2.05) is 0 Å². The largest absolute Gasteiger partial charge is 0.291 e. The Bertz CT molecular complexity index is 730. The number of allylic oxidation sites excluding steroid dienone is 3. The fourth-order valence-electron chi connectivity index (χ4n) is 3.06. The lowest BCUT2D eigenvalue weighted by Gasteiger charge is -2.33. The van der Waals surface area contributed by atoms with E-state index in [-0.39, 0.29) is 0 Å². The molecule has 0 aromatic heterocycles. The molecule has 1 aromatic rings. The number of rotatable bonds is 5. The van der Waals surface area contributed by atoms with Gasteiger partial charge < -0.3 is 0 Å². The van der Waals surface area contributed by atoms with Crippen molar-refractivity contribution >= 4 is 11.4 Å². The molecule has 0 bridgehead atoms. The molecule has 0 radical (unpaired) electrons. The van der Waals surface area contributed by atoms with E-state index in [2.05, 4.69) is 97.4 Å². The average Bonchev–Trinajstić information content (AvgIpc) is 2.65. The van der Waals surface area contributed by atoms with E-state index < -0.39 is 0 Å². The summed E-state index contributed by atoms with van der Waals surface area (Å²) in [4.78, 5) is 4.29. The lowest BCUT2D eigenvalue weighted by molar-refractivity contribution is 0.732. The second-order valence-corrected chi connectivity index (χ2v) is 6.43. The summed E-state index contributed by atoms with van der Waals surface area (Å²) in [6, 6.07) is 13.8. The van der Waals surface area contributed by atoms with Crippen molar-refractivity contribution in [3.05, 3.63) is 60.3 Å². The van der Waals surface area contributed by atoms with E-state index >= 15 is 0 Å². The summed E-state index contributed by atoms with van der Waals surface area (Å²) >= 11 is 0. The van der Waals surface area contributed by atoms with Crippen molar-refractivity contribution in [2.24, 2.45) is 0 Å². The zero-order valence-electron chi connectivity index (χ0n) is 14.9. The Kier molecular flexibility index (Phi) is 5.11. The van der Waals surface area contributed by atoms with Crippen LogP contribution in [0.15, 0.2) is 54.8 Å². The Morgan fingerprint density at radius 2 is 2.08 bits per heavy atom. The van der Waals surface area contributed by atoms with Gasteiger partial charge in [-0.05, 0) is 42.9 Å². The maximum absolute atomic E-state index is 3.34. The smallest absolute Gasteiger partial charge is 0.0785 e. The van der Waals surface area contributed by atoms with E-state index in [0.717, 1.165) is 19.3 Å². The third kappa shape index (κ3) is 3.26. The van der Waals surface area contributed by atoms with Gasteiger partial charge in [-0.25, -0.2) is 0 Å². The molecule has 1 aliphatic heterocycles. The lowest BCUT2D eigenvalue weighted by atomic mass is 9.96. The van der Waals surface area contributed by atoms with Crippen molar-refractivity contribution in [1.82, 2.24) is 0 Å². The third-order valence-corrected chi connectivity index (χ3v) is 4.77. The van der Waals surface area contributed by atoms with E-state index in [9.17, 15) is 0 Å². The van der Waals surface area contributed by atoms with Gasteiger partial charge in [0, 0.05) is 18.3 Å². The summed E-state index contributed by atoms with van der Waals surface area (Å²) in [5.74, 6) is 0.563. The summed E-state index contributed by atoms with van der Waals surface area (Å²) < 4.78 is 0. The van der Waals surface area contributed by atoms with E-state index in [1.165, 1.54) is 16.9 Å². The van der Waals surface area contributed by atoms with Crippen molar-refractivity contribution in [2.45, 2.75) is 52.0 Å². The van der Waals surface area contributed by atoms with Gasteiger partial charge in [-0.2, -0.15) is 0 Å². The molecule has 2 aliphatic rings. The predicted octanol–water partition coefficient (Wildman–Crippen LogP) is 5.55. The molecule has 1 aromatic carbocycles. The van der Waals surface area contributed by atoms with Gasteiger partial charge in [0.25, 0.3) is 0 Å². The summed E-state index contributed by atoms with van der Waals surface area (Å²) in [6.45, 7) is 6.68. The van der Waals surface area contributed by atoms with Crippen LogP contribution in [0, 0.1) is 12.1 Å². The highest BCUT2D eigenvalue weighted by Gasteiger charge is 2.23. The van der Waals surface area contributed by atoms with Crippen LogP contribution in [0.2, 0.25) is 0 Å². The standard InChI is InChI=1S/C22H26N2/c1-4-6-14-23-15-16-24(20-10-8-7-9-11-20)21-13-12-19(17-22(21)23)18(3)5-2/h6-10,12-14,17-18,20H,4-5,11H2,1-3H3/b14-6-. The molecule has 0 saturated carbocycles. The second kappa shape index (κ2) is 7.45. The number of nitrogens with zero attached hydrogens (tertiary/aromatic N) is 2. The maximum atomic E-state index is 3.34. The summed E-state index contributed by atoms with van der Waals surface area (Å²) in [5, 5.41) is 0. The van der Waals surface area contributed by atoms with Crippen LogP contribution in [0.3, 0.4) is 0 Å². The van der Waals surface area contributed by atoms with Crippen molar-refractivity contribution in [1.29, 1.82) is 0 Å². The van der Waals surface area contributed by atoms with Crippen LogP contribution in [-0.4, -0.2) is 6.04 Å². The Balaban J connectivity index is 2.01. The molecule has 0 fully saturated rings. The molecule has 2 heteroatoms. The molecule has 3 rings (SSSR count). The Hall–Kier alpha value is -2.40. The van der Waals surface area contributed by atoms with Gasteiger partial charge in [-0.1, -0.05) is 57.2 Å². The van der Waals surface area contributed by atoms with E-state index in [0.29, 0.717) is 12.0 Å². The minimum atomic E-state index is 0.313. The molecule has 2 unspecified atom stereocenters. The molecule has 124 valence electrons. The number of benzene rings is 1. The van der Waals surface area contributed by atoms with Gasteiger partial charge in [0.2, 0.25) is 0 Å². The molecule has 1 aliphatic carbocycles. The molecule has 24 heavy (non-hydrogen) atoms. The molecular formula is C22H26N2. The maximum Gasteiger partial charge on any atom is 0.0785 e. The van der Waals surface area contributed by atoms with Crippen LogP contribution in [0.1, 0.15) is 51.5 Å². The minimum absolute atomic E-state index is 0.313. The SMILES string of the molecule is CC/C=C\N1C#CN(C2C=CC=CC2)c2ccc(C(C)CC)cc21. The molecule has 0 saturated heterocycles. The zero-order chi connectivity index (χ0) is 16.9. The first kappa shape index (κ1) is 16.5. The van der Waals surface area contributed by atoms with Gasteiger partial charge in [0.05, 0.1) is 17.4 Å². The number of hydrogen-bond acceptors (Lipinski definition) is 2. The second-order valence-electron chi connectivity index (χ2n) is 6.43. The van der Waals surface area contributed by atoms with Crippen molar-refractivity contribution in [3.63, 3.8) is 0 Å². The van der Waals surface area contributed by atoms with Crippen molar-refractivity contribution in [2.75, 3.05) is 9.80 Å². The molecule has 1 heterocycles. The first-order chi connectivity index (χ1) is 11.7. The predicted molar refractivity (Wildman–Crippen MR) is 104 cm³/mol. The number of hydrogen-bond donors (Lipinski definition) is 0. The Morgan fingerprint density at radius 3 is 2.79 bits per heavy atom. The first-order valence-electron chi connectivity index (χ1n) is 8.98. The monoisotopic (exact) mass is 318 g/mol. The fraction of sp³-hybridized carbons (Fsp3) is 0.364. The van der Waals surface area contributed by atoms with Gasteiger partial charge in [0.15, 0.2) is 0 Å². The summed E-state index contributed by atoms with van der Waals surface area (Å²) in [5.41, 5.74) is 3.78. The number of fused-ring (bicyclic) bond motifs is 1. The molecule has 0 spiro atoms. The molecule has 2 nitrogen and oxygen atoms in total. The zero-order valence-corrected chi connectivity index (χ0v) is 14.9. The Morgan fingerprint density at radius 1 is 1.21 bits per heavy atom. The summed E-state index contributed by atoms with van der Waals surface area (Å²) in [6.07, 6.45) is 16.1. The number of anilines is 2. The lowest BCUT2D eigenvalue weighted by Crippen LogP contribution is -2.34. The van der Waals surface area contributed by atoms with Gasteiger partial charge in [-0.15, -0.1) is 0 Å². The minimum Gasteiger partial charge on any atom is -0.291 e. The fourth-order valence-corrected chi connectivity index (χ4v) is 3.06. The van der Waals surface area contributed by atoms with E-state index in [4.69, 9.17) is 0 Å². The van der Waals surface area contributed by atoms with Crippen LogP contribution >= 0.6 is 0 Å². The highest BCUT2D eigenvalue weighted by atomic mass is 15.2. The molecule has 2 atom stereocenters. The van der Waals surface area contributed by atoms with Crippen LogP contribution in [0.4, 0.5) is 11.4 Å². The third-order valence-electron chi connectivity index (χ3n) is 4.77. The highest BCUT2D eigenvalue weighted by Crippen LogP contribution is 2.37. The molecule has 0 N–H and O–H groups in total. The first-order valence-corrected chi connectivity index (χ1v) is 8.98. The van der Waals surface area contributed by atoms with Crippen molar-refractivity contribution in [3.8, 4) is 12.1 Å². The van der Waals surface area contributed by atoms with E-state index in [1.54, 1.807) is 0 Å². The quantitative estimate of drug-likeness (QED) is 0.656. The summed E-state index contributed by atoms with van der Waals surface area (Å²) in [7, 11) is 0. The highest BCUT2D eigenvalue weighted by molar-refractivity contribution is 5.81. The topological polar surface area (TPSA) is 6.48 Å². The van der Waals surface area contributed by atoms with Crippen LogP contribution in [0.5, 0.6) is 0 Å². The average molecular weight is 318 g/mol. The van der Waals surface area contributed by atoms with Crippen molar-refractivity contribution < 1.29 is 0 Å². The Labute approximate surface area is 146 Å². The van der Waals surface area contributed by atoms with Gasteiger partial charge in [-0.3, -0.25) is 9.80 Å². The van der Waals surface area contributed by atoms with Gasteiger partial charge >= 0.3 is 0 Å². The normalized spacial score (nSPS) is 20.0. The molecule has 0 amide bonds. The van der Waals surface area contributed by atoms with Crippen LogP contribution in [0.25, 0.3) is 0 Å². The van der Waals surface area contributed by atoms with Crippen LogP contribution < -0.4 is 9.80 Å². The van der Waals surface area contributed by atoms with Gasteiger partial charge in [0.1, 0.15) is 0 Å².